The van der Waals surface area contributed by atoms with Gasteiger partial charge in [-0.25, -0.2) is 0 Å². The molecule has 1 fully saturated rings. The third-order valence-electron chi connectivity index (χ3n) is 6.40. The molecule has 5 rings (SSSR count). The van der Waals surface area contributed by atoms with Crippen LogP contribution in [0.4, 0.5) is 11.4 Å². The van der Waals surface area contributed by atoms with Gasteiger partial charge in [-0.1, -0.05) is 36.4 Å². The van der Waals surface area contributed by atoms with Gasteiger partial charge in [0.25, 0.3) is 0 Å². The molecule has 7 heteroatoms. The van der Waals surface area contributed by atoms with E-state index in [9.17, 15) is 4.79 Å². The molecule has 0 spiro atoms. The van der Waals surface area contributed by atoms with Crippen LogP contribution in [0.5, 0.6) is 11.5 Å². The smallest absolute Gasteiger partial charge is 0.236 e. The average Bonchev–Trinajstić information content (AvgIpc) is 2.80. The molecule has 0 radical (unpaired) electrons. The summed E-state index contributed by atoms with van der Waals surface area (Å²) in [7, 11) is 1.61. The van der Waals surface area contributed by atoms with E-state index in [0.717, 1.165) is 28.3 Å². The van der Waals surface area contributed by atoms with Crippen molar-refractivity contribution in [2.75, 3.05) is 17.3 Å². The number of carbonyl (C=O) groups is 1. The molecule has 2 bridgehead atoms. The van der Waals surface area contributed by atoms with Crippen LogP contribution in [0.15, 0.2) is 72.8 Å². The zero-order chi connectivity index (χ0) is 23.2. The number of fused-ring (bicyclic) bond motifs is 4. The number of amides is 1. The lowest BCUT2D eigenvalue weighted by Gasteiger charge is -2.56. The van der Waals surface area contributed by atoms with Gasteiger partial charge < -0.3 is 20.1 Å². The monoisotopic (exact) mass is 459 g/mol. The zero-order valence-electron chi connectivity index (χ0n) is 18.7. The van der Waals surface area contributed by atoms with E-state index < -0.39 is 11.6 Å². The first-order valence-corrected chi connectivity index (χ1v) is 11.2. The van der Waals surface area contributed by atoms with Crippen LogP contribution in [-0.4, -0.2) is 23.9 Å². The van der Waals surface area contributed by atoms with Gasteiger partial charge in [0.2, 0.25) is 5.91 Å². The second-order valence-corrected chi connectivity index (χ2v) is 8.83. The van der Waals surface area contributed by atoms with Crippen LogP contribution in [0.2, 0.25) is 0 Å². The lowest BCUT2D eigenvalue weighted by Crippen LogP contribution is -2.72. The number of para-hydroxylation sites is 2. The Balaban J connectivity index is 1.60. The van der Waals surface area contributed by atoms with Crippen LogP contribution in [0.25, 0.3) is 0 Å². The van der Waals surface area contributed by atoms with E-state index in [2.05, 4.69) is 10.6 Å². The van der Waals surface area contributed by atoms with Crippen molar-refractivity contribution in [2.45, 2.75) is 25.6 Å². The summed E-state index contributed by atoms with van der Waals surface area (Å²) >= 11 is 5.81. The molecule has 0 aliphatic carbocycles. The number of thiocarbonyl (C=S) groups is 1. The Morgan fingerprint density at radius 2 is 1.79 bits per heavy atom. The van der Waals surface area contributed by atoms with Crippen molar-refractivity contribution in [3.05, 3.63) is 83.9 Å². The summed E-state index contributed by atoms with van der Waals surface area (Å²) in [6.07, 6.45) is 0. The highest BCUT2D eigenvalue weighted by molar-refractivity contribution is 7.80. The van der Waals surface area contributed by atoms with Gasteiger partial charge >= 0.3 is 0 Å². The first-order chi connectivity index (χ1) is 15.9. The summed E-state index contributed by atoms with van der Waals surface area (Å²) in [4.78, 5) is 15.7. The Kier molecular flexibility index (Phi) is 5.21. The molecular formula is C26H25N3O3S. The number of methoxy groups -OCH3 is 1. The topological polar surface area (TPSA) is 62.8 Å². The van der Waals surface area contributed by atoms with Crippen molar-refractivity contribution in [1.29, 1.82) is 0 Å². The van der Waals surface area contributed by atoms with E-state index in [4.69, 9.17) is 21.7 Å². The third-order valence-corrected chi connectivity index (χ3v) is 6.70. The molecule has 2 heterocycles. The second-order valence-electron chi connectivity index (χ2n) is 8.44. The normalized spacial score (nSPS) is 23.1. The second kappa shape index (κ2) is 8.08. The minimum Gasteiger partial charge on any atom is -0.497 e. The molecule has 1 amide bonds. The van der Waals surface area contributed by atoms with E-state index in [-0.39, 0.29) is 11.9 Å². The number of benzene rings is 3. The maximum Gasteiger partial charge on any atom is 0.236 e. The average molecular weight is 460 g/mol. The molecule has 1 saturated heterocycles. The van der Waals surface area contributed by atoms with Crippen LogP contribution in [0, 0.1) is 12.8 Å². The number of hydrogen-bond donors (Lipinski definition) is 2. The standard InChI is InChI=1S/C26H25N3O3S/c1-16-8-4-6-10-20(16)29-25(33)28-23-19-9-5-7-11-21(19)32-26(29,2)22(23)24(30)27-17-12-14-18(31-3)15-13-17/h4-15,22-23H,1-3H3,(H,27,30)(H,28,33)/t22-,23+,26+/m0/s1. The largest absolute Gasteiger partial charge is 0.497 e. The number of carbonyl (C=O) groups excluding carboxylic acids is 1. The van der Waals surface area contributed by atoms with Gasteiger partial charge in [0.05, 0.1) is 13.2 Å². The van der Waals surface area contributed by atoms with E-state index in [1.165, 1.54) is 0 Å². The van der Waals surface area contributed by atoms with Crippen LogP contribution in [-0.2, 0) is 4.79 Å². The fourth-order valence-electron chi connectivity index (χ4n) is 4.80. The zero-order valence-corrected chi connectivity index (χ0v) is 19.5. The number of anilines is 2. The molecule has 3 aromatic carbocycles. The van der Waals surface area contributed by atoms with Crippen molar-refractivity contribution in [3.8, 4) is 11.5 Å². The summed E-state index contributed by atoms with van der Waals surface area (Å²) in [5.74, 6) is 0.730. The summed E-state index contributed by atoms with van der Waals surface area (Å²) in [6.45, 7) is 3.96. The Bertz CT molecular complexity index is 1230. The van der Waals surface area contributed by atoms with Crippen molar-refractivity contribution in [2.24, 2.45) is 5.92 Å². The SMILES string of the molecule is COc1ccc(NC(=O)[C@@H]2[C@@H]3NC(=S)N(c4ccccc4C)[C@]2(C)Oc2ccccc23)cc1. The van der Waals surface area contributed by atoms with Gasteiger partial charge in [0.1, 0.15) is 17.4 Å². The lowest BCUT2D eigenvalue weighted by molar-refractivity contribution is -0.130. The Labute approximate surface area is 198 Å². The molecular weight excluding hydrogens is 434 g/mol. The fourth-order valence-corrected chi connectivity index (χ4v) is 5.21. The van der Waals surface area contributed by atoms with Crippen LogP contribution in [0.1, 0.15) is 24.1 Å². The van der Waals surface area contributed by atoms with Crippen LogP contribution >= 0.6 is 12.2 Å². The Hall–Kier alpha value is -3.58. The molecule has 2 aliphatic rings. The highest BCUT2D eigenvalue weighted by Crippen LogP contribution is 2.50. The molecule has 0 saturated carbocycles. The molecule has 0 unspecified atom stereocenters. The molecule has 3 atom stereocenters. The predicted octanol–water partition coefficient (Wildman–Crippen LogP) is 4.80. The molecule has 168 valence electrons. The van der Waals surface area contributed by atoms with Crippen molar-refractivity contribution < 1.29 is 14.3 Å². The van der Waals surface area contributed by atoms with E-state index >= 15 is 0 Å². The highest BCUT2D eigenvalue weighted by Gasteiger charge is 2.59. The van der Waals surface area contributed by atoms with Gasteiger partial charge in [-0.05, 0) is 68.0 Å². The number of aryl methyl sites for hydroxylation is 1. The van der Waals surface area contributed by atoms with Crippen molar-refractivity contribution in [3.63, 3.8) is 0 Å². The van der Waals surface area contributed by atoms with E-state index in [1.54, 1.807) is 7.11 Å². The molecule has 0 aromatic heterocycles. The van der Waals surface area contributed by atoms with Crippen molar-refractivity contribution in [1.82, 2.24) is 5.32 Å². The summed E-state index contributed by atoms with van der Waals surface area (Å²) in [5, 5.41) is 7.03. The molecule has 2 aliphatic heterocycles. The van der Waals surface area contributed by atoms with Gasteiger partial charge in [-0.3, -0.25) is 9.69 Å². The number of nitrogens with zero attached hydrogens (tertiary/aromatic N) is 1. The summed E-state index contributed by atoms with van der Waals surface area (Å²) in [5.41, 5.74) is 2.50. The molecule has 2 N–H and O–H groups in total. The molecule has 33 heavy (non-hydrogen) atoms. The van der Waals surface area contributed by atoms with Crippen molar-refractivity contribution >= 4 is 34.6 Å². The molecule has 6 nitrogen and oxygen atoms in total. The first kappa shape index (κ1) is 21.3. The Morgan fingerprint density at radius 1 is 1.09 bits per heavy atom. The van der Waals surface area contributed by atoms with Crippen LogP contribution < -0.4 is 25.0 Å². The number of nitrogens with one attached hydrogen (secondary N) is 2. The maximum atomic E-state index is 13.8. The predicted molar refractivity (Wildman–Crippen MR) is 133 cm³/mol. The first-order valence-electron chi connectivity index (χ1n) is 10.8. The van der Waals surface area contributed by atoms with E-state index in [0.29, 0.717) is 10.8 Å². The van der Waals surface area contributed by atoms with Crippen LogP contribution in [0.3, 0.4) is 0 Å². The third kappa shape index (κ3) is 3.49. The minimum absolute atomic E-state index is 0.157. The number of rotatable bonds is 4. The maximum absolute atomic E-state index is 13.8. The van der Waals surface area contributed by atoms with Gasteiger partial charge in [0.15, 0.2) is 10.8 Å². The number of ether oxygens (including phenoxy) is 2. The quantitative estimate of drug-likeness (QED) is 0.547. The van der Waals surface area contributed by atoms with Gasteiger partial charge in [-0.15, -0.1) is 0 Å². The highest BCUT2D eigenvalue weighted by atomic mass is 32.1. The minimum atomic E-state index is -1.04. The Morgan fingerprint density at radius 3 is 2.52 bits per heavy atom. The summed E-state index contributed by atoms with van der Waals surface area (Å²) < 4.78 is 11.8. The van der Waals surface area contributed by atoms with Gasteiger partial charge in [-0.2, -0.15) is 0 Å². The van der Waals surface area contributed by atoms with E-state index in [1.807, 2.05) is 91.5 Å². The number of hydrogen-bond acceptors (Lipinski definition) is 4. The lowest BCUT2D eigenvalue weighted by atomic mass is 9.78. The van der Waals surface area contributed by atoms with Gasteiger partial charge in [0, 0.05) is 16.9 Å². The fraction of sp³-hybridized carbons (Fsp3) is 0.231. The molecule has 3 aromatic rings. The summed E-state index contributed by atoms with van der Waals surface area (Å²) in [6, 6.07) is 22.7.